The molecule has 7 aromatic carbocycles. The molecule has 4 heterocycles. The SMILES string of the molecule is CCCCCCCCCCC(=O)c1cc2c(cc1N)nc1n2Cc2ccc3c4c([N+](=O)[O-])cc5c6c(ccc(c7c([N+](=O)[O-])cc-1c2c37)c64)Cn1c-5nc2cc(N)c(C(=O)CCCCCCCCCC)cc21. The standard InChI is InChI=1S/C58H60N8O6/c1-3-5-7-9-11-13-15-17-19-49(67)37-25-45-43(29-41(37)59)61-57-39-27-47(65(69)70)53-36-24-22-34-32-64-46-26-38(50(68)20-18-16-14-12-10-8-6-4-2)42(60)30-44(46)62-58(64)40-28-48(66(71)72)54(56(36)52(34)40)35-23-21-33(31-63(45)57)51(39)55(35)53/h21-30H,3-20,31-32,59-60H2,1-2H3. The van der Waals surface area contributed by atoms with Gasteiger partial charge in [-0.3, -0.25) is 29.8 Å². The Kier molecular flexibility index (Phi) is 12.3. The first-order valence-electron chi connectivity index (χ1n) is 26.2. The fourth-order valence-corrected chi connectivity index (χ4v) is 12.1. The second kappa shape index (κ2) is 18.9. The minimum absolute atomic E-state index is 0.0196. The van der Waals surface area contributed by atoms with Gasteiger partial charge in [-0.1, -0.05) is 128 Å². The summed E-state index contributed by atoms with van der Waals surface area (Å²) in [6, 6.07) is 17.9. The van der Waals surface area contributed by atoms with E-state index in [9.17, 15) is 29.8 Å². The number of nitrogens with zero attached hydrogens (tertiary/aromatic N) is 6. The number of Topliss-reactive ketones (excluding diaryl/α,β-unsaturated/α-hetero) is 2. The molecule has 0 saturated carbocycles. The maximum atomic E-state index is 13.6. The summed E-state index contributed by atoms with van der Waals surface area (Å²) in [6.07, 6.45) is 18.8. The summed E-state index contributed by atoms with van der Waals surface area (Å²) in [5.74, 6) is 0.960. The zero-order valence-corrected chi connectivity index (χ0v) is 41.2. The van der Waals surface area contributed by atoms with Gasteiger partial charge in [0.15, 0.2) is 11.6 Å². The quantitative estimate of drug-likeness (QED) is 0.0125. The zero-order chi connectivity index (χ0) is 49.9. The number of aromatic nitrogens is 4. The van der Waals surface area contributed by atoms with E-state index in [4.69, 9.17) is 21.4 Å². The molecule has 2 aliphatic heterocycles. The molecule has 368 valence electrons. The molecule has 0 radical (unpaired) electrons. The Labute approximate surface area is 416 Å². The van der Waals surface area contributed by atoms with E-state index in [2.05, 4.69) is 13.8 Å². The highest BCUT2D eigenvalue weighted by Gasteiger charge is 2.35. The van der Waals surface area contributed by atoms with Crippen molar-refractivity contribution in [2.24, 2.45) is 0 Å². The van der Waals surface area contributed by atoms with Crippen molar-refractivity contribution >= 4 is 99.5 Å². The number of carbonyl (C=O) groups excluding carboxylic acids is 2. The molecule has 0 saturated heterocycles. The third-order valence-electron chi connectivity index (χ3n) is 15.7. The van der Waals surface area contributed by atoms with Gasteiger partial charge in [-0.2, -0.15) is 0 Å². The Morgan fingerprint density at radius 1 is 0.514 bits per heavy atom. The number of hydrogen-bond donors (Lipinski definition) is 2. The lowest BCUT2D eigenvalue weighted by Gasteiger charge is -2.25. The highest BCUT2D eigenvalue weighted by molar-refractivity contribution is 6.39. The lowest BCUT2D eigenvalue weighted by Crippen LogP contribution is -2.12. The summed E-state index contributed by atoms with van der Waals surface area (Å²) in [5.41, 5.74) is 19.8. The Bertz CT molecular complexity index is 3480. The molecule has 0 unspecified atom stereocenters. The predicted octanol–water partition coefficient (Wildman–Crippen LogP) is 14.9. The minimum Gasteiger partial charge on any atom is -0.398 e. The van der Waals surface area contributed by atoms with E-state index in [1.807, 2.05) is 45.5 Å². The highest BCUT2D eigenvalue weighted by atomic mass is 16.6. The lowest BCUT2D eigenvalue weighted by molar-refractivity contribution is -0.383. The van der Waals surface area contributed by atoms with Crippen molar-refractivity contribution in [3.8, 4) is 22.8 Å². The summed E-state index contributed by atoms with van der Waals surface area (Å²) < 4.78 is 3.98. The molecule has 0 aliphatic carbocycles. The number of nitrogens with two attached hydrogens (primary N) is 2. The van der Waals surface area contributed by atoms with E-state index < -0.39 is 0 Å². The number of unbranched alkanes of at least 4 members (excludes halogenated alkanes) is 14. The largest absolute Gasteiger partial charge is 0.398 e. The molecule has 72 heavy (non-hydrogen) atoms. The van der Waals surface area contributed by atoms with Crippen molar-refractivity contribution in [1.29, 1.82) is 0 Å². The summed E-state index contributed by atoms with van der Waals surface area (Å²) in [4.78, 5) is 63.5. The number of carbonyl (C=O) groups is 2. The molecular formula is C58H60N8O6. The first kappa shape index (κ1) is 46.9. The Hall–Kier alpha value is -7.48. The van der Waals surface area contributed by atoms with E-state index in [0.717, 1.165) is 60.4 Å². The fraction of sp³-hybridized carbons (Fsp3) is 0.379. The predicted molar refractivity (Wildman–Crippen MR) is 289 cm³/mol. The summed E-state index contributed by atoms with van der Waals surface area (Å²) in [7, 11) is 0. The maximum Gasteiger partial charge on any atom is 0.278 e. The first-order valence-corrected chi connectivity index (χ1v) is 26.2. The molecule has 0 atom stereocenters. The normalized spacial score (nSPS) is 12.8. The van der Waals surface area contributed by atoms with Crippen molar-refractivity contribution in [3.05, 3.63) is 103 Å². The number of nitro groups is 2. The Morgan fingerprint density at radius 2 is 0.889 bits per heavy atom. The van der Waals surface area contributed by atoms with Crippen LogP contribution >= 0.6 is 0 Å². The van der Waals surface area contributed by atoms with E-state index in [0.29, 0.717) is 126 Å². The summed E-state index contributed by atoms with van der Waals surface area (Å²) in [5, 5.41) is 31.4. The Balaban J connectivity index is 0.997. The van der Waals surface area contributed by atoms with Gasteiger partial charge < -0.3 is 20.6 Å². The topological polar surface area (TPSA) is 208 Å². The average Bonchev–Trinajstić information content (AvgIpc) is 3.91. The van der Waals surface area contributed by atoms with Crippen LogP contribution in [0.5, 0.6) is 0 Å². The number of nitro benzene ring substituents is 2. The summed E-state index contributed by atoms with van der Waals surface area (Å²) in [6.45, 7) is 5.14. The van der Waals surface area contributed by atoms with Crippen molar-refractivity contribution < 1.29 is 19.4 Å². The van der Waals surface area contributed by atoms with Gasteiger partial charge in [-0.05, 0) is 69.8 Å². The van der Waals surface area contributed by atoms with Crippen LogP contribution in [0.2, 0.25) is 0 Å². The highest BCUT2D eigenvalue weighted by Crippen LogP contribution is 2.54. The van der Waals surface area contributed by atoms with Gasteiger partial charge in [0.05, 0.1) is 55.8 Å². The van der Waals surface area contributed by atoms with Gasteiger partial charge in [0.25, 0.3) is 11.4 Å². The third kappa shape index (κ3) is 7.77. The average molecular weight is 965 g/mol. The molecule has 14 nitrogen and oxygen atoms in total. The fourth-order valence-electron chi connectivity index (χ4n) is 12.1. The summed E-state index contributed by atoms with van der Waals surface area (Å²) >= 11 is 0. The minimum atomic E-state index is -0.379. The van der Waals surface area contributed by atoms with Gasteiger partial charge in [0, 0.05) is 69.4 Å². The smallest absolute Gasteiger partial charge is 0.278 e. The van der Waals surface area contributed by atoms with Crippen molar-refractivity contribution in [2.45, 2.75) is 143 Å². The molecule has 0 bridgehead atoms. The van der Waals surface area contributed by atoms with Crippen LogP contribution < -0.4 is 11.5 Å². The van der Waals surface area contributed by atoms with Crippen LogP contribution in [-0.2, 0) is 13.1 Å². The molecule has 2 aliphatic rings. The van der Waals surface area contributed by atoms with E-state index in [1.165, 1.54) is 64.2 Å². The maximum absolute atomic E-state index is 13.6. The van der Waals surface area contributed by atoms with Gasteiger partial charge in [-0.15, -0.1) is 0 Å². The molecule has 2 aromatic heterocycles. The van der Waals surface area contributed by atoms with Gasteiger partial charge >= 0.3 is 0 Å². The van der Waals surface area contributed by atoms with Crippen molar-refractivity contribution in [3.63, 3.8) is 0 Å². The van der Waals surface area contributed by atoms with Gasteiger partial charge in [0.2, 0.25) is 0 Å². The molecule has 9 aromatic rings. The van der Waals surface area contributed by atoms with Crippen LogP contribution in [-0.4, -0.2) is 40.5 Å². The molecule has 11 rings (SSSR count). The van der Waals surface area contributed by atoms with E-state index in [-0.39, 0.29) is 32.8 Å². The van der Waals surface area contributed by atoms with Gasteiger partial charge in [0.1, 0.15) is 11.6 Å². The monoisotopic (exact) mass is 964 g/mol. The van der Waals surface area contributed by atoms with Crippen LogP contribution in [0.25, 0.3) is 87.9 Å². The van der Waals surface area contributed by atoms with Crippen LogP contribution in [0, 0.1) is 20.2 Å². The van der Waals surface area contributed by atoms with Crippen molar-refractivity contribution in [1.82, 2.24) is 19.1 Å². The number of rotatable bonds is 22. The molecule has 0 amide bonds. The lowest BCUT2D eigenvalue weighted by atomic mass is 9.82. The molecule has 14 heteroatoms. The molecule has 0 spiro atoms. The number of imidazole rings is 2. The number of nitrogen functional groups attached to an aromatic ring is 2. The van der Waals surface area contributed by atoms with Gasteiger partial charge in [-0.25, -0.2) is 9.97 Å². The van der Waals surface area contributed by atoms with Crippen LogP contribution in [0.3, 0.4) is 0 Å². The number of non-ortho nitro benzene ring substituents is 2. The number of ketones is 2. The molecule has 0 fully saturated rings. The number of fused-ring (bicyclic) bond motifs is 10. The number of hydrogen-bond acceptors (Lipinski definition) is 10. The first-order chi connectivity index (χ1) is 35.0. The van der Waals surface area contributed by atoms with E-state index in [1.54, 1.807) is 24.3 Å². The van der Waals surface area contributed by atoms with Crippen LogP contribution in [0.15, 0.2) is 60.7 Å². The third-order valence-corrected chi connectivity index (χ3v) is 15.7. The van der Waals surface area contributed by atoms with Crippen LogP contribution in [0.1, 0.15) is 161 Å². The van der Waals surface area contributed by atoms with Crippen molar-refractivity contribution in [2.75, 3.05) is 11.5 Å². The second-order valence-electron chi connectivity index (χ2n) is 20.4. The zero-order valence-electron chi connectivity index (χ0n) is 41.2. The van der Waals surface area contributed by atoms with Crippen LogP contribution in [0.4, 0.5) is 22.7 Å². The van der Waals surface area contributed by atoms with E-state index >= 15 is 0 Å². The molecular weight excluding hydrogens is 905 g/mol. The second-order valence-corrected chi connectivity index (χ2v) is 20.4. The number of benzene rings is 7. The Morgan fingerprint density at radius 3 is 1.26 bits per heavy atom. The number of anilines is 2. The molecule has 4 N–H and O–H groups in total.